The summed E-state index contributed by atoms with van der Waals surface area (Å²) in [6, 6.07) is 31.3. The molecule has 52 heavy (non-hydrogen) atoms. The standard InChI is InChI=1S/C14H9F3O2.C13H9F3.C13H16N4/c15-14(16,17)10-7-5-9(6-8-10)11-3-1-2-4-12(11)13(18)19;14-13(15,16)12-8-6-11(7-9-12)10-4-2-1-3-5-10;14-12-2-1-11-8-17(6-3-10(11)7-12)9-13-15-4-5-16-13/h1-8H,(H,18,19);1-9H;1-2,4-5,7H,3,6,8-9,14H2,(H,15,16). The lowest BCUT2D eigenvalue weighted by Crippen LogP contribution is -2.30. The van der Waals surface area contributed by atoms with Gasteiger partial charge in [-0.2, -0.15) is 26.3 Å². The summed E-state index contributed by atoms with van der Waals surface area (Å²) < 4.78 is 74.3. The first-order valence-electron chi connectivity index (χ1n) is 16.1. The summed E-state index contributed by atoms with van der Waals surface area (Å²) >= 11 is 0. The Bertz CT molecular complexity index is 2050. The van der Waals surface area contributed by atoms with Gasteiger partial charge in [-0.25, -0.2) is 9.78 Å². The second kappa shape index (κ2) is 16.4. The fraction of sp³-hybridized carbons (Fsp3) is 0.150. The molecule has 4 N–H and O–H groups in total. The monoisotopic (exact) mass is 716 g/mol. The van der Waals surface area contributed by atoms with E-state index in [0.717, 1.165) is 73.0 Å². The Hall–Kier alpha value is -5.88. The van der Waals surface area contributed by atoms with Gasteiger partial charge < -0.3 is 15.8 Å². The summed E-state index contributed by atoms with van der Waals surface area (Å²) in [7, 11) is 0. The molecule has 5 aromatic carbocycles. The number of imidazole rings is 1. The van der Waals surface area contributed by atoms with E-state index >= 15 is 0 Å². The minimum atomic E-state index is -4.40. The number of anilines is 1. The van der Waals surface area contributed by atoms with E-state index < -0.39 is 29.4 Å². The molecule has 0 saturated heterocycles. The topological polar surface area (TPSA) is 95.2 Å². The van der Waals surface area contributed by atoms with E-state index in [-0.39, 0.29) is 5.56 Å². The highest BCUT2D eigenvalue weighted by Gasteiger charge is 2.31. The van der Waals surface area contributed by atoms with Crippen LogP contribution in [0.4, 0.5) is 32.0 Å². The number of aromatic carboxylic acids is 1. The Labute approximate surface area is 296 Å². The number of nitrogens with zero attached hydrogens (tertiary/aromatic N) is 2. The number of carboxylic acids is 1. The Balaban J connectivity index is 0.000000151. The maximum atomic E-state index is 12.4. The molecular weight excluding hydrogens is 682 g/mol. The van der Waals surface area contributed by atoms with Crippen molar-refractivity contribution >= 4 is 11.7 Å². The fourth-order valence-corrected chi connectivity index (χ4v) is 5.60. The van der Waals surface area contributed by atoms with Crippen LogP contribution in [-0.2, 0) is 31.9 Å². The van der Waals surface area contributed by atoms with Gasteiger partial charge in [-0.15, -0.1) is 0 Å². The van der Waals surface area contributed by atoms with E-state index in [2.05, 4.69) is 27.0 Å². The number of aromatic nitrogens is 2. The van der Waals surface area contributed by atoms with Crippen molar-refractivity contribution in [1.82, 2.24) is 14.9 Å². The van der Waals surface area contributed by atoms with Crippen LogP contribution < -0.4 is 5.73 Å². The Kier molecular flexibility index (Phi) is 11.8. The molecule has 0 radical (unpaired) electrons. The molecule has 1 aliphatic heterocycles. The number of carboxylic acid groups (broad SMARTS) is 1. The SMILES string of the molecule is FC(F)(F)c1ccc(-c2ccccc2)cc1.Nc1ccc2c(c1)CCN(Cc1ncc[nH]1)C2.O=C(O)c1ccccc1-c1ccc(C(F)(F)F)cc1. The van der Waals surface area contributed by atoms with E-state index in [1.165, 1.54) is 41.5 Å². The van der Waals surface area contributed by atoms with Gasteiger partial charge in [-0.3, -0.25) is 4.90 Å². The maximum Gasteiger partial charge on any atom is 0.416 e. The van der Waals surface area contributed by atoms with Gasteiger partial charge in [0.1, 0.15) is 5.82 Å². The second-order valence-corrected chi connectivity index (χ2v) is 11.9. The van der Waals surface area contributed by atoms with Gasteiger partial charge in [0.25, 0.3) is 0 Å². The zero-order chi connectivity index (χ0) is 37.3. The summed E-state index contributed by atoms with van der Waals surface area (Å²) in [5, 5.41) is 9.03. The quantitative estimate of drug-likeness (QED) is 0.122. The van der Waals surface area contributed by atoms with Crippen molar-refractivity contribution in [2.24, 2.45) is 0 Å². The number of nitrogens with one attached hydrogen (secondary N) is 1. The van der Waals surface area contributed by atoms with E-state index in [1.54, 1.807) is 24.4 Å². The van der Waals surface area contributed by atoms with Crippen LogP contribution in [0.15, 0.2) is 134 Å². The number of rotatable bonds is 5. The fourth-order valence-electron chi connectivity index (χ4n) is 5.60. The van der Waals surface area contributed by atoms with Gasteiger partial charge in [0.05, 0.1) is 23.2 Å². The summed E-state index contributed by atoms with van der Waals surface area (Å²) in [4.78, 5) is 20.8. The molecule has 0 unspecified atom stereocenters. The molecule has 1 aliphatic rings. The van der Waals surface area contributed by atoms with E-state index in [0.29, 0.717) is 11.1 Å². The molecule has 268 valence electrons. The van der Waals surface area contributed by atoms with Crippen LogP contribution in [-0.4, -0.2) is 32.5 Å². The smallest absolute Gasteiger partial charge is 0.416 e. The van der Waals surface area contributed by atoms with E-state index in [1.807, 2.05) is 42.6 Å². The predicted octanol–water partition coefficient (Wildman–Crippen LogP) is 9.99. The van der Waals surface area contributed by atoms with E-state index in [9.17, 15) is 31.1 Å². The number of alkyl halides is 6. The lowest BCUT2D eigenvalue weighted by Gasteiger charge is -2.28. The Morgan fingerprint density at radius 2 is 1.31 bits per heavy atom. The summed E-state index contributed by atoms with van der Waals surface area (Å²) in [5.41, 5.74) is 10.6. The highest BCUT2D eigenvalue weighted by molar-refractivity contribution is 5.96. The number of fused-ring (bicyclic) bond motifs is 1. The summed E-state index contributed by atoms with van der Waals surface area (Å²) in [6.45, 7) is 2.93. The molecule has 0 fully saturated rings. The zero-order valence-electron chi connectivity index (χ0n) is 27.6. The second-order valence-electron chi connectivity index (χ2n) is 11.9. The molecule has 0 saturated carbocycles. The first-order valence-corrected chi connectivity index (χ1v) is 16.1. The van der Waals surface area contributed by atoms with Gasteiger partial charge >= 0.3 is 18.3 Å². The zero-order valence-corrected chi connectivity index (χ0v) is 27.6. The van der Waals surface area contributed by atoms with Crippen LogP contribution in [0.25, 0.3) is 22.3 Å². The molecule has 0 amide bonds. The number of nitrogens with two attached hydrogens (primary N) is 1. The molecular formula is C40H34F6N4O2. The molecule has 6 nitrogen and oxygen atoms in total. The van der Waals surface area contributed by atoms with Gasteiger partial charge in [0.15, 0.2) is 0 Å². The van der Waals surface area contributed by atoms with Crippen molar-refractivity contribution in [3.05, 3.63) is 167 Å². The average molecular weight is 717 g/mol. The molecule has 0 bridgehead atoms. The van der Waals surface area contributed by atoms with Gasteiger partial charge in [-0.05, 0) is 82.3 Å². The summed E-state index contributed by atoms with van der Waals surface area (Å²) in [6.07, 6.45) is -3.93. The van der Waals surface area contributed by atoms with Gasteiger partial charge in [0, 0.05) is 31.2 Å². The molecule has 0 spiro atoms. The molecule has 0 atom stereocenters. The van der Waals surface area contributed by atoms with Crippen LogP contribution in [0.3, 0.4) is 0 Å². The third-order valence-electron chi connectivity index (χ3n) is 8.25. The highest BCUT2D eigenvalue weighted by Crippen LogP contribution is 2.33. The summed E-state index contributed by atoms with van der Waals surface area (Å²) in [5.74, 6) is -0.0839. The normalized spacial score (nSPS) is 12.8. The van der Waals surface area contributed by atoms with Gasteiger partial charge in [0.2, 0.25) is 0 Å². The predicted molar refractivity (Wildman–Crippen MR) is 188 cm³/mol. The molecule has 12 heteroatoms. The van der Waals surface area contributed by atoms with Crippen molar-refractivity contribution in [3.63, 3.8) is 0 Å². The van der Waals surface area contributed by atoms with Gasteiger partial charge in [-0.1, -0.05) is 78.9 Å². The number of aromatic amines is 1. The Morgan fingerprint density at radius 1 is 0.731 bits per heavy atom. The molecule has 6 aromatic rings. The highest BCUT2D eigenvalue weighted by atomic mass is 19.4. The number of benzene rings is 5. The number of H-pyrrole nitrogens is 1. The largest absolute Gasteiger partial charge is 0.478 e. The average Bonchev–Trinajstić information content (AvgIpc) is 3.65. The third-order valence-corrected chi connectivity index (χ3v) is 8.25. The lowest BCUT2D eigenvalue weighted by molar-refractivity contribution is -0.138. The van der Waals surface area contributed by atoms with Crippen molar-refractivity contribution in [1.29, 1.82) is 0 Å². The number of hydrogen-bond acceptors (Lipinski definition) is 4. The van der Waals surface area contributed by atoms with Crippen LogP contribution in [0.1, 0.15) is 38.4 Å². The molecule has 1 aromatic heterocycles. The molecule has 0 aliphatic carbocycles. The first kappa shape index (κ1) is 37.4. The number of halogens is 6. The number of nitrogen functional groups attached to an aromatic ring is 1. The van der Waals surface area contributed by atoms with E-state index in [4.69, 9.17) is 10.8 Å². The molecule has 2 heterocycles. The van der Waals surface area contributed by atoms with Crippen molar-refractivity contribution < 1.29 is 36.2 Å². The minimum Gasteiger partial charge on any atom is -0.478 e. The minimum absolute atomic E-state index is 0.0576. The van der Waals surface area contributed by atoms with Crippen LogP contribution in [0.5, 0.6) is 0 Å². The van der Waals surface area contributed by atoms with Crippen LogP contribution in [0.2, 0.25) is 0 Å². The first-order chi connectivity index (χ1) is 24.8. The number of hydrogen-bond donors (Lipinski definition) is 3. The van der Waals surface area contributed by atoms with Crippen molar-refractivity contribution in [2.75, 3.05) is 12.3 Å². The van der Waals surface area contributed by atoms with Crippen LogP contribution in [0, 0.1) is 0 Å². The Morgan fingerprint density at radius 3 is 1.88 bits per heavy atom. The lowest BCUT2D eigenvalue weighted by atomic mass is 9.99. The maximum absolute atomic E-state index is 12.4. The van der Waals surface area contributed by atoms with Crippen molar-refractivity contribution in [3.8, 4) is 22.3 Å². The molecule has 7 rings (SSSR count). The van der Waals surface area contributed by atoms with Crippen molar-refractivity contribution in [2.45, 2.75) is 31.9 Å². The number of carbonyl (C=O) groups is 1. The third kappa shape index (κ3) is 10.1. The van der Waals surface area contributed by atoms with Crippen LogP contribution >= 0.6 is 0 Å².